The van der Waals surface area contributed by atoms with E-state index in [0.717, 1.165) is 22.4 Å². The van der Waals surface area contributed by atoms with Crippen molar-refractivity contribution in [3.05, 3.63) is 71.7 Å². The molecule has 32 heavy (non-hydrogen) atoms. The maximum absolute atomic E-state index is 12.3. The molecule has 3 aromatic rings. The first-order valence-electron chi connectivity index (χ1n) is 10.6. The van der Waals surface area contributed by atoms with Crippen LogP contribution in [0.5, 0.6) is 5.75 Å². The highest BCUT2D eigenvalue weighted by Crippen LogP contribution is 2.21. The zero-order chi connectivity index (χ0) is 22.9. The molecule has 0 N–H and O–H groups in total. The van der Waals surface area contributed by atoms with Crippen LogP contribution in [0.1, 0.15) is 30.4 Å². The number of hydrogen-bond acceptors (Lipinski definition) is 6. The summed E-state index contributed by atoms with van der Waals surface area (Å²) < 4.78 is 16.2. The van der Waals surface area contributed by atoms with Crippen LogP contribution in [0.15, 0.2) is 59.1 Å². The number of aryl methyl sites for hydroxylation is 2. The van der Waals surface area contributed by atoms with Crippen LogP contribution in [0.4, 0.5) is 0 Å². The van der Waals surface area contributed by atoms with E-state index in [1.165, 1.54) is 4.90 Å². The van der Waals surface area contributed by atoms with Crippen molar-refractivity contribution in [2.75, 3.05) is 20.3 Å². The fraction of sp³-hybridized carbons (Fsp3) is 0.320. The Morgan fingerprint density at radius 2 is 1.78 bits per heavy atom. The van der Waals surface area contributed by atoms with E-state index in [-0.39, 0.29) is 18.9 Å². The molecule has 168 valence electrons. The highest BCUT2D eigenvalue weighted by molar-refractivity contribution is 5.80. The molecule has 2 aromatic carbocycles. The Bertz CT molecular complexity index is 1030. The van der Waals surface area contributed by atoms with Gasteiger partial charge in [-0.25, -0.2) is 4.98 Å². The van der Waals surface area contributed by atoms with E-state index in [9.17, 15) is 9.59 Å². The highest BCUT2D eigenvalue weighted by Gasteiger charge is 2.14. The van der Waals surface area contributed by atoms with E-state index < -0.39 is 5.97 Å². The van der Waals surface area contributed by atoms with Gasteiger partial charge in [0, 0.05) is 25.6 Å². The van der Waals surface area contributed by atoms with Crippen molar-refractivity contribution in [3.8, 4) is 17.1 Å². The van der Waals surface area contributed by atoms with Crippen LogP contribution in [0, 0.1) is 6.92 Å². The summed E-state index contributed by atoms with van der Waals surface area (Å²) in [6.07, 6.45) is 2.04. The second-order valence-corrected chi connectivity index (χ2v) is 7.47. The predicted molar refractivity (Wildman–Crippen MR) is 120 cm³/mol. The third-order valence-electron chi connectivity index (χ3n) is 4.87. The van der Waals surface area contributed by atoms with Gasteiger partial charge in [-0.1, -0.05) is 42.0 Å². The van der Waals surface area contributed by atoms with Gasteiger partial charge in [0.05, 0.1) is 19.2 Å². The second-order valence-electron chi connectivity index (χ2n) is 7.47. The summed E-state index contributed by atoms with van der Waals surface area (Å²) in [7, 11) is 1.67. The fourth-order valence-electron chi connectivity index (χ4n) is 3.03. The standard InChI is InChI=1S/C25H28N2O5/c1-4-30-21-11-7-19(8-12-21)16-27(3)24(28)17-31-25(29)14-13-23-26-15-22(32-23)20-9-5-18(2)6-10-20/h5-12,15H,4,13-14,16-17H2,1-3H3. The van der Waals surface area contributed by atoms with Crippen LogP contribution in [-0.4, -0.2) is 42.0 Å². The molecule has 0 unspecified atom stereocenters. The van der Waals surface area contributed by atoms with Crippen LogP contribution >= 0.6 is 0 Å². The minimum atomic E-state index is -0.470. The molecular weight excluding hydrogens is 408 g/mol. The zero-order valence-electron chi connectivity index (χ0n) is 18.7. The van der Waals surface area contributed by atoms with Gasteiger partial charge in [0.2, 0.25) is 0 Å². The van der Waals surface area contributed by atoms with Crippen molar-refractivity contribution in [3.63, 3.8) is 0 Å². The molecule has 0 aliphatic carbocycles. The van der Waals surface area contributed by atoms with E-state index in [1.54, 1.807) is 13.2 Å². The molecule has 0 atom stereocenters. The first kappa shape index (κ1) is 23.1. The Morgan fingerprint density at radius 3 is 2.47 bits per heavy atom. The lowest BCUT2D eigenvalue weighted by molar-refractivity contribution is -0.151. The van der Waals surface area contributed by atoms with E-state index in [1.807, 2.05) is 62.4 Å². The average Bonchev–Trinajstić information content (AvgIpc) is 3.27. The summed E-state index contributed by atoms with van der Waals surface area (Å²) in [5.74, 6) is 1.15. The van der Waals surface area contributed by atoms with E-state index in [2.05, 4.69) is 4.98 Å². The smallest absolute Gasteiger partial charge is 0.306 e. The Morgan fingerprint density at radius 1 is 1.06 bits per heavy atom. The molecule has 0 bridgehead atoms. The van der Waals surface area contributed by atoms with Crippen molar-refractivity contribution in [2.45, 2.75) is 33.2 Å². The van der Waals surface area contributed by atoms with Gasteiger partial charge in [0.25, 0.3) is 5.91 Å². The normalized spacial score (nSPS) is 10.6. The molecule has 3 rings (SSSR count). The molecule has 0 saturated heterocycles. The Kier molecular flexibility index (Phi) is 8.02. The average molecular weight is 437 g/mol. The molecule has 0 aliphatic heterocycles. The van der Waals surface area contributed by atoms with Crippen molar-refractivity contribution in [2.24, 2.45) is 0 Å². The number of oxazole rings is 1. The molecule has 7 heteroatoms. The number of likely N-dealkylation sites (N-methyl/N-ethyl adjacent to an activating group) is 1. The lowest BCUT2D eigenvalue weighted by Gasteiger charge is -2.17. The molecule has 0 saturated carbocycles. The van der Waals surface area contributed by atoms with Crippen LogP contribution in [-0.2, 0) is 27.3 Å². The molecule has 0 aliphatic rings. The zero-order valence-corrected chi connectivity index (χ0v) is 18.7. The fourth-order valence-corrected chi connectivity index (χ4v) is 3.03. The Hall–Kier alpha value is -3.61. The number of hydrogen-bond donors (Lipinski definition) is 0. The quantitative estimate of drug-likeness (QED) is 0.444. The largest absolute Gasteiger partial charge is 0.494 e. The number of rotatable bonds is 10. The van der Waals surface area contributed by atoms with Gasteiger partial charge in [-0.05, 0) is 31.5 Å². The predicted octanol–water partition coefficient (Wildman–Crippen LogP) is 4.18. The number of nitrogens with zero attached hydrogens (tertiary/aromatic N) is 2. The molecule has 1 aromatic heterocycles. The number of carbonyl (C=O) groups excluding carboxylic acids is 2. The first-order chi connectivity index (χ1) is 15.4. The first-order valence-corrected chi connectivity index (χ1v) is 10.6. The number of aromatic nitrogens is 1. The van der Waals surface area contributed by atoms with Crippen LogP contribution in [0.3, 0.4) is 0 Å². The van der Waals surface area contributed by atoms with Crippen LogP contribution in [0.2, 0.25) is 0 Å². The Balaban J connectivity index is 1.40. The summed E-state index contributed by atoms with van der Waals surface area (Å²) in [5, 5.41) is 0. The Labute approximate surface area is 188 Å². The molecular formula is C25H28N2O5. The van der Waals surface area contributed by atoms with Crippen molar-refractivity contribution in [1.29, 1.82) is 0 Å². The van der Waals surface area contributed by atoms with Crippen LogP contribution < -0.4 is 4.74 Å². The van der Waals surface area contributed by atoms with Crippen molar-refractivity contribution < 1.29 is 23.5 Å². The van der Waals surface area contributed by atoms with Gasteiger partial charge in [0.15, 0.2) is 18.3 Å². The maximum atomic E-state index is 12.3. The SMILES string of the molecule is CCOc1ccc(CN(C)C(=O)COC(=O)CCc2ncc(-c3ccc(C)cc3)o2)cc1. The van der Waals surface area contributed by atoms with Gasteiger partial charge < -0.3 is 18.8 Å². The molecule has 7 nitrogen and oxygen atoms in total. The molecule has 0 fully saturated rings. The third kappa shape index (κ3) is 6.70. The number of benzene rings is 2. The molecule has 0 radical (unpaired) electrons. The van der Waals surface area contributed by atoms with E-state index >= 15 is 0 Å². The minimum Gasteiger partial charge on any atom is -0.494 e. The molecule has 1 amide bonds. The maximum Gasteiger partial charge on any atom is 0.306 e. The van der Waals surface area contributed by atoms with Gasteiger partial charge in [0.1, 0.15) is 5.75 Å². The summed E-state index contributed by atoms with van der Waals surface area (Å²) in [6, 6.07) is 15.5. The van der Waals surface area contributed by atoms with E-state index in [4.69, 9.17) is 13.9 Å². The minimum absolute atomic E-state index is 0.0870. The van der Waals surface area contributed by atoms with Gasteiger partial charge in [-0.15, -0.1) is 0 Å². The van der Waals surface area contributed by atoms with Gasteiger partial charge >= 0.3 is 5.97 Å². The summed E-state index contributed by atoms with van der Waals surface area (Å²) >= 11 is 0. The number of ether oxygens (including phenoxy) is 2. The number of carbonyl (C=O) groups is 2. The molecule has 1 heterocycles. The van der Waals surface area contributed by atoms with E-state index in [0.29, 0.717) is 31.2 Å². The van der Waals surface area contributed by atoms with Crippen molar-refractivity contribution >= 4 is 11.9 Å². The van der Waals surface area contributed by atoms with Gasteiger partial charge in [-0.2, -0.15) is 0 Å². The lowest BCUT2D eigenvalue weighted by atomic mass is 10.1. The summed E-state index contributed by atoms with van der Waals surface area (Å²) in [6.45, 7) is 4.67. The number of esters is 1. The third-order valence-corrected chi connectivity index (χ3v) is 4.87. The highest BCUT2D eigenvalue weighted by atomic mass is 16.5. The van der Waals surface area contributed by atoms with Crippen molar-refractivity contribution in [1.82, 2.24) is 9.88 Å². The monoisotopic (exact) mass is 436 g/mol. The van der Waals surface area contributed by atoms with Crippen LogP contribution in [0.25, 0.3) is 11.3 Å². The lowest BCUT2D eigenvalue weighted by Crippen LogP contribution is -2.30. The van der Waals surface area contributed by atoms with Gasteiger partial charge in [-0.3, -0.25) is 9.59 Å². The summed E-state index contributed by atoms with van der Waals surface area (Å²) in [4.78, 5) is 30.0. The second kappa shape index (κ2) is 11.1. The topological polar surface area (TPSA) is 81.9 Å². The molecule has 0 spiro atoms. The summed E-state index contributed by atoms with van der Waals surface area (Å²) in [5.41, 5.74) is 3.05. The number of amides is 1.